The molecule has 4 nitrogen and oxygen atoms in total. The summed E-state index contributed by atoms with van der Waals surface area (Å²) < 4.78 is 0. The van der Waals surface area contributed by atoms with Gasteiger partial charge in [0.1, 0.15) is 6.61 Å². The Morgan fingerprint density at radius 1 is 1.12 bits per heavy atom. The van der Waals surface area contributed by atoms with Crippen LogP contribution < -0.4 is 0 Å². The number of ketones is 1. The zero-order valence-corrected chi connectivity index (χ0v) is 15.7. The van der Waals surface area contributed by atoms with E-state index in [1.807, 2.05) is 18.2 Å². The van der Waals surface area contributed by atoms with Crippen molar-refractivity contribution >= 4 is 23.3 Å². The summed E-state index contributed by atoms with van der Waals surface area (Å²) in [6, 6.07) is 11.7. The van der Waals surface area contributed by atoms with Crippen molar-refractivity contribution in [3.8, 4) is 11.1 Å². The van der Waals surface area contributed by atoms with Gasteiger partial charge in [0.15, 0.2) is 5.78 Å². The second-order valence-electron chi connectivity index (χ2n) is 6.94. The van der Waals surface area contributed by atoms with E-state index in [4.69, 9.17) is 16.7 Å². The molecule has 0 saturated heterocycles. The lowest BCUT2D eigenvalue weighted by molar-refractivity contribution is -0.125. The number of fused-ring (bicyclic) bond motifs is 1. The summed E-state index contributed by atoms with van der Waals surface area (Å²) in [5, 5.41) is 9.55. The molecule has 3 rings (SSSR count). The Labute approximate surface area is 158 Å². The average Bonchev–Trinajstić information content (AvgIpc) is 2.66. The Hall–Kier alpha value is -2.17. The maximum atomic E-state index is 12.3. The van der Waals surface area contributed by atoms with Crippen molar-refractivity contribution in [1.29, 1.82) is 0 Å². The molecule has 0 radical (unpaired) electrons. The SMILES string of the molecule is CN(C)C(=O)c1cc(-c2ccc3c(c2)CC(C(=O)CO)CC3)ccc1Cl. The number of aliphatic hydroxyl groups is 1. The van der Waals surface area contributed by atoms with Crippen molar-refractivity contribution in [2.24, 2.45) is 5.92 Å². The molecular formula is C21H22ClNO3. The van der Waals surface area contributed by atoms with Gasteiger partial charge in [-0.3, -0.25) is 9.59 Å². The maximum absolute atomic E-state index is 12.3. The van der Waals surface area contributed by atoms with Gasteiger partial charge in [-0.15, -0.1) is 0 Å². The van der Waals surface area contributed by atoms with Crippen LogP contribution in [0.1, 0.15) is 27.9 Å². The van der Waals surface area contributed by atoms with Gasteiger partial charge in [-0.2, -0.15) is 0 Å². The van der Waals surface area contributed by atoms with Gasteiger partial charge >= 0.3 is 0 Å². The van der Waals surface area contributed by atoms with E-state index >= 15 is 0 Å². The fourth-order valence-electron chi connectivity index (χ4n) is 3.45. The quantitative estimate of drug-likeness (QED) is 0.896. The molecule has 1 atom stereocenters. The van der Waals surface area contributed by atoms with Crippen molar-refractivity contribution < 1.29 is 14.7 Å². The Bertz CT molecular complexity index is 860. The number of hydrogen-bond acceptors (Lipinski definition) is 3. The first-order valence-electron chi connectivity index (χ1n) is 8.67. The highest BCUT2D eigenvalue weighted by Gasteiger charge is 2.24. The van der Waals surface area contributed by atoms with Gasteiger partial charge in [0.2, 0.25) is 0 Å². The van der Waals surface area contributed by atoms with Crippen LogP contribution in [0.4, 0.5) is 0 Å². The van der Waals surface area contributed by atoms with E-state index in [-0.39, 0.29) is 17.6 Å². The molecule has 0 aliphatic heterocycles. The molecule has 1 aliphatic carbocycles. The first-order chi connectivity index (χ1) is 12.4. The first kappa shape index (κ1) is 18.6. The van der Waals surface area contributed by atoms with Crippen LogP contribution in [-0.2, 0) is 17.6 Å². The molecule has 0 spiro atoms. The molecule has 0 saturated carbocycles. The minimum atomic E-state index is -0.396. The molecule has 1 amide bonds. The zero-order valence-electron chi connectivity index (χ0n) is 15.0. The van der Waals surface area contributed by atoms with Gasteiger partial charge in [-0.05, 0) is 53.6 Å². The van der Waals surface area contributed by atoms with E-state index in [1.54, 1.807) is 20.2 Å². The lowest BCUT2D eigenvalue weighted by Gasteiger charge is -2.24. The molecule has 5 heteroatoms. The summed E-state index contributed by atoms with van der Waals surface area (Å²) in [5.41, 5.74) is 4.76. The highest BCUT2D eigenvalue weighted by atomic mass is 35.5. The molecular weight excluding hydrogens is 350 g/mol. The molecule has 0 heterocycles. The second kappa shape index (κ2) is 7.60. The van der Waals surface area contributed by atoms with Gasteiger partial charge in [-0.25, -0.2) is 0 Å². The number of carbonyl (C=O) groups excluding carboxylic acids is 2. The van der Waals surface area contributed by atoms with E-state index in [0.717, 1.165) is 29.5 Å². The van der Waals surface area contributed by atoms with Crippen LogP contribution in [0.25, 0.3) is 11.1 Å². The Morgan fingerprint density at radius 3 is 2.50 bits per heavy atom. The van der Waals surface area contributed by atoms with Crippen molar-refractivity contribution in [1.82, 2.24) is 4.90 Å². The number of aryl methyl sites for hydroxylation is 1. The second-order valence-corrected chi connectivity index (χ2v) is 7.35. The standard InChI is InChI=1S/C21H22ClNO3/c1-23(2)21(26)18-11-15(7-8-19(18)22)14-5-3-13-4-6-16(20(25)12-24)10-17(13)9-14/h3,5,7-9,11,16,24H,4,6,10,12H2,1-2H3. The van der Waals surface area contributed by atoms with Crippen molar-refractivity contribution in [3.63, 3.8) is 0 Å². The number of Topliss-reactive ketones (excluding diaryl/α,β-unsaturated/α-hetero) is 1. The molecule has 2 aromatic carbocycles. The van der Waals surface area contributed by atoms with Crippen molar-refractivity contribution in [3.05, 3.63) is 58.1 Å². The third-order valence-corrected chi connectivity index (χ3v) is 5.31. The molecule has 0 aromatic heterocycles. The Morgan fingerprint density at radius 2 is 1.81 bits per heavy atom. The number of amides is 1. The predicted molar refractivity (Wildman–Crippen MR) is 103 cm³/mol. The van der Waals surface area contributed by atoms with E-state index in [2.05, 4.69) is 12.1 Å². The number of halogens is 1. The monoisotopic (exact) mass is 371 g/mol. The molecule has 2 aromatic rings. The van der Waals surface area contributed by atoms with Crippen LogP contribution in [0, 0.1) is 5.92 Å². The normalized spacial score (nSPS) is 16.1. The smallest absolute Gasteiger partial charge is 0.254 e. The molecule has 136 valence electrons. The first-order valence-corrected chi connectivity index (χ1v) is 9.05. The number of aliphatic hydroxyl groups excluding tert-OH is 1. The molecule has 1 unspecified atom stereocenters. The Kier molecular flexibility index (Phi) is 5.44. The van der Waals surface area contributed by atoms with Crippen LogP contribution >= 0.6 is 11.6 Å². The summed E-state index contributed by atoms with van der Waals surface area (Å²) >= 11 is 6.20. The van der Waals surface area contributed by atoms with Crippen LogP contribution in [0.3, 0.4) is 0 Å². The lowest BCUT2D eigenvalue weighted by Crippen LogP contribution is -2.25. The van der Waals surface area contributed by atoms with Crippen LogP contribution in [-0.4, -0.2) is 42.4 Å². The summed E-state index contributed by atoms with van der Waals surface area (Å²) in [5.74, 6) is -0.339. The summed E-state index contributed by atoms with van der Waals surface area (Å²) in [6.07, 6.45) is 2.28. The number of carbonyl (C=O) groups is 2. The summed E-state index contributed by atoms with van der Waals surface area (Å²) in [7, 11) is 3.39. The minimum absolute atomic E-state index is 0.0913. The fraction of sp³-hybridized carbons (Fsp3) is 0.333. The van der Waals surface area contributed by atoms with Crippen molar-refractivity contribution in [2.75, 3.05) is 20.7 Å². The van der Waals surface area contributed by atoms with Crippen molar-refractivity contribution in [2.45, 2.75) is 19.3 Å². The minimum Gasteiger partial charge on any atom is -0.389 e. The van der Waals surface area contributed by atoms with Crippen LogP contribution in [0.5, 0.6) is 0 Å². The molecule has 26 heavy (non-hydrogen) atoms. The van der Waals surface area contributed by atoms with Gasteiger partial charge < -0.3 is 10.0 Å². The number of hydrogen-bond donors (Lipinski definition) is 1. The Balaban J connectivity index is 1.95. The van der Waals surface area contributed by atoms with Gasteiger partial charge in [0.25, 0.3) is 5.91 Å². The molecule has 0 fully saturated rings. The lowest BCUT2D eigenvalue weighted by atomic mass is 9.80. The number of nitrogens with zero attached hydrogens (tertiary/aromatic N) is 1. The van der Waals surface area contributed by atoms with Gasteiger partial charge in [-0.1, -0.05) is 35.9 Å². The highest BCUT2D eigenvalue weighted by molar-refractivity contribution is 6.34. The number of rotatable bonds is 4. The van der Waals surface area contributed by atoms with Gasteiger partial charge in [0.05, 0.1) is 10.6 Å². The van der Waals surface area contributed by atoms with Crippen LogP contribution in [0.2, 0.25) is 5.02 Å². The molecule has 0 bridgehead atoms. The molecule has 1 aliphatic rings. The van der Waals surface area contributed by atoms with E-state index < -0.39 is 6.61 Å². The third-order valence-electron chi connectivity index (χ3n) is 4.98. The topological polar surface area (TPSA) is 57.6 Å². The maximum Gasteiger partial charge on any atom is 0.254 e. The van der Waals surface area contributed by atoms with E-state index in [0.29, 0.717) is 17.0 Å². The van der Waals surface area contributed by atoms with Gasteiger partial charge in [0, 0.05) is 20.0 Å². The van der Waals surface area contributed by atoms with Crippen LogP contribution in [0.15, 0.2) is 36.4 Å². The summed E-state index contributed by atoms with van der Waals surface area (Å²) in [4.78, 5) is 25.7. The largest absolute Gasteiger partial charge is 0.389 e. The predicted octanol–water partition coefficient (Wildman–Crippen LogP) is 3.38. The average molecular weight is 372 g/mol. The number of benzene rings is 2. The summed E-state index contributed by atoms with van der Waals surface area (Å²) in [6.45, 7) is -0.396. The van der Waals surface area contributed by atoms with E-state index in [9.17, 15) is 9.59 Å². The fourth-order valence-corrected chi connectivity index (χ4v) is 3.65. The zero-order chi connectivity index (χ0) is 18.8. The highest BCUT2D eigenvalue weighted by Crippen LogP contribution is 2.32. The molecule has 1 N–H and O–H groups in total. The van der Waals surface area contributed by atoms with E-state index in [1.165, 1.54) is 10.5 Å². The third kappa shape index (κ3) is 3.67.